The highest BCUT2D eigenvalue weighted by atomic mass is 19.1. The smallest absolute Gasteiger partial charge is 0.329 e. The zero-order chi connectivity index (χ0) is 22.7. The van der Waals surface area contributed by atoms with Crippen LogP contribution in [0.15, 0.2) is 46.4 Å². The first kappa shape index (κ1) is 23.0. The lowest BCUT2D eigenvalue weighted by Crippen LogP contribution is -2.54. The lowest BCUT2D eigenvalue weighted by Gasteiger charge is -2.44. The molecule has 1 fully saturated rings. The number of carbonyl (C=O) groups excluding carboxylic acids is 1. The van der Waals surface area contributed by atoms with E-state index in [0.717, 1.165) is 42.5 Å². The molecule has 1 saturated carbocycles. The number of hydrogen-bond donors (Lipinski definition) is 1. The fourth-order valence-electron chi connectivity index (χ4n) is 4.67. The number of rotatable bonds is 6. The van der Waals surface area contributed by atoms with Gasteiger partial charge in [0.25, 0.3) is 0 Å². The molecule has 2 amide bonds. The Labute approximate surface area is 185 Å². The molecule has 1 heterocycles. The summed E-state index contributed by atoms with van der Waals surface area (Å²) in [5.74, 6) is 0.227. The number of nitrogens with zero attached hydrogens (tertiary/aromatic N) is 4. The van der Waals surface area contributed by atoms with Crippen LogP contribution in [0.1, 0.15) is 38.2 Å². The minimum Gasteiger partial charge on any atom is -0.373 e. The monoisotopic (exact) mass is 427 g/mol. The molecule has 1 aliphatic heterocycles. The van der Waals surface area contributed by atoms with E-state index in [4.69, 9.17) is 0 Å². The summed E-state index contributed by atoms with van der Waals surface area (Å²) in [5.41, 5.74) is 2.94. The van der Waals surface area contributed by atoms with Gasteiger partial charge in [-0.1, -0.05) is 12.1 Å². The molecule has 1 aromatic rings. The summed E-state index contributed by atoms with van der Waals surface area (Å²) in [4.78, 5) is 23.5. The minimum atomic E-state index is -0.375. The number of aryl methyl sites for hydroxylation is 1. The van der Waals surface area contributed by atoms with Crippen LogP contribution >= 0.6 is 0 Å². The number of aliphatic imine (C=N–C) groups is 1. The third-order valence-electron chi connectivity index (χ3n) is 6.45. The van der Waals surface area contributed by atoms with Gasteiger partial charge in [-0.25, -0.2) is 14.2 Å². The molecule has 1 N–H and O–H groups in total. The highest BCUT2D eigenvalue weighted by Gasteiger charge is 2.38. The van der Waals surface area contributed by atoms with E-state index in [1.165, 1.54) is 6.07 Å². The highest BCUT2D eigenvalue weighted by molar-refractivity contribution is 5.96. The second kappa shape index (κ2) is 9.64. The van der Waals surface area contributed by atoms with Crippen LogP contribution in [-0.2, 0) is 0 Å². The fourth-order valence-corrected chi connectivity index (χ4v) is 4.67. The zero-order valence-corrected chi connectivity index (χ0v) is 19.3. The summed E-state index contributed by atoms with van der Waals surface area (Å²) >= 11 is 0. The highest BCUT2D eigenvalue weighted by Crippen LogP contribution is 2.36. The maximum Gasteiger partial charge on any atom is 0.329 e. The molecule has 7 heteroatoms. The van der Waals surface area contributed by atoms with E-state index in [1.807, 2.05) is 30.9 Å². The number of amides is 2. The fraction of sp³-hybridized carbons (Fsp3) is 0.500. The van der Waals surface area contributed by atoms with Gasteiger partial charge in [0.05, 0.1) is 17.9 Å². The van der Waals surface area contributed by atoms with E-state index in [0.29, 0.717) is 24.1 Å². The number of halogens is 1. The van der Waals surface area contributed by atoms with Crippen LogP contribution in [0.3, 0.4) is 0 Å². The van der Waals surface area contributed by atoms with Gasteiger partial charge in [0.2, 0.25) is 0 Å². The quantitative estimate of drug-likeness (QED) is 0.690. The average Bonchev–Trinajstić information content (AvgIpc) is 2.74. The standard InChI is InChI=1S/C24H34FN5O/c1-16-8-7-9-20(25)23(16)29-15-17(2)21(14-22(26-3)27-4)30(24(29)31)19-12-10-18(11-13-19)28(5)6/h7-9,14,18-19,27H,3,10-13,15H2,1-2,4-6H3/b22-14+/t18-,19+. The number of carbonyl (C=O) groups is 1. The molecule has 0 atom stereocenters. The first-order chi connectivity index (χ1) is 14.8. The lowest BCUT2D eigenvalue weighted by atomic mass is 9.88. The van der Waals surface area contributed by atoms with E-state index in [1.54, 1.807) is 18.0 Å². The largest absolute Gasteiger partial charge is 0.373 e. The summed E-state index contributed by atoms with van der Waals surface area (Å²) in [6, 6.07) is 5.33. The average molecular weight is 428 g/mol. The van der Waals surface area contributed by atoms with Crippen molar-refractivity contribution in [2.75, 3.05) is 32.6 Å². The second-order valence-corrected chi connectivity index (χ2v) is 8.67. The molecule has 2 aliphatic rings. The van der Waals surface area contributed by atoms with Crippen LogP contribution in [0.25, 0.3) is 0 Å². The number of para-hydroxylation sites is 1. The van der Waals surface area contributed by atoms with Gasteiger partial charge < -0.3 is 10.2 Å². The molecule has 168 valence electrons. The van der Waals surface area contributed by atoms with E-state index in [2.05, 4.69) is 36.0 Å². The molecule has 1 aliphatic carbocycles. The van der Waals surface area contributed by atoms with Gasteiger partial charge in [-0.05, 0) is 77.5 Å². The maximum absolute atomic E-state index is 14.8. The summed E-state index contributed by atoms with van der Waals surface area (Å²) in [7, 11) is 5.99. The Morgan fingerprint density at radius 3 is 2.48 bits per heavy atom. The Morgan fingerprint density at radius 2 is 1.94 bits per heavy atom. The minimum absolute atomic E-state index is 0.0581. The second-order valence-electron chi connectivity index (χ2n) is 8.67. The number of benzene rings is 1. The first-order valence-electron chi connectivity index (χ1n) is 10.9. The SMILES string of the molecule is C=N/C(=C\C1=C(C)CN(c2c(C)cccc2F)C(=O)N1[C@H]1CC[C@@H](N(C)C)CC1)NC. The van der Waals surface area contributed by atoms with E-state index < -0.39 is 0 Å². The van der Waals surface area contributed by atoms with E-state index >= 15 is 0 Å². The summed E-state index contributed by atoms with van der Waals surface area (Å²) in [6.45, 7) is 7.80. The van der Waals surface area contributed by atoms with Crippen LogP contribution in [0.2, 0.25) is 0 Å². The molecule has 0 unspecified atom stereocenters. The molecule has 6 nitrogen and oxygen atoms in total. The van der Waals surface area contributed by atoms with Crippen molar-refractivity contribution in [2.24, 2.45) is 4.99 Å². The molecule has 1 aromatic carbocycles. The van der Waals surface area contributed by atoms with Gasteiger partial charge in [0.15, 0.2) is 0 Å². The van der Waals surface area contributed by atoms with Gasteiger partial charge in [-0.3, -0.25) is 9.80 Å². The number of nitrogens with one attached hydrogen (secondary N) is 1. The summed E-state index contributed by atoms with van der Waals surface area (Å²) in [5, 5.41) is 3.02. The third-order valence-corrected chi connectivity index (χ3v) is 6.45. The Balaban J connectivity index is 2.04. The number of allylic oxidation sites excluding steroid dienone is 1. The Bertz CT molecular complexity index is 879. The Kier molecular flexibility index (Phi) is 7.15. The molecule has 31 heavy (non-hydrogen) atoms. The van der Waals surface area contributed by atoms with Crippen molar-refractivity contribution in [3.63, 3.8) is 0 Å². The molecule has 0 aromatic heterocycles. The molecule has 0 saturated heterocycles. The van der Waals surface area contributed by atoms with Crippen molar-refractivity contribution < 1.29 is 9.18 Å². The van der Waals surface area contributed by atoms with Gasteiger partial charge in [0, 0.05) is 25.2 Å². The van der Waals surface area contributed by atoms with Crippen molar-refractivity contribution in [3.05, 3.63) is 52.7 Å². The molecule has 0 radical (unpaired) electrons. The van der Waals surface area contributed by atoms with Crippen molar-refractivity contribution in [1.29, 1.82) is 0 Å². The molecule has 3 rings (SSSR count). The van der Waals surface area contributed by atoms with Crippen LogP contribution in [0.4, 0.5) is 14.9 Å². The lowest BCUT2D eigenvalue weighted by molar-refractivity contribution is 0.149. The molecule has 0 spiro atoms. The number of hydrogen-bond acceptors (Lipinski definition) is 4. The van der Waals surface area contributed by atoms with Crippen molar-refractivity contribution in [2.45, 2.75) is 51.6 Å². The van der Waals surface area contributed by atoms with Crippen molar-refractivity contribution in [1.82, 2.24) is 15.1 Å². The Morgan fingerprint density at radius 1 is 1.26 bits per heavy atom. The van der Waals surface area contributed by atoms with Crippen LogP contribution < -0.4 is 10.2 Å². The van der Waals surface area contributed by atoms with Gasteiger partial charge in [-0.2, -0.15) is 0 Å². The zero-order valence-electron chi connectivity index (χ0n) is 19.3. The number of anilines is 1. The molecular formula is C24H34FN5O. The normalized spacial score (nSPS) is 22.9. The van der Waals surface area contributed by atoms with Gasteiger partial charge in [0.1, 0.15) is 11.6 Å². The van der Waals surface area contributed by atoms with Crippen LogP contribution in [0, 0.1) is 12.7 Å². The predicted molar refractivity (Wildman–Crippen MR) is 125 cm³/mol. The summed E-state index contributed by atoms with van der Waals surface area (Å²) in [6.07, 6.45) is 5.73. The molecule has 0 bridgehead atoms. The maximum atomic E-state index is 14.8. The predicted octanol–water partition coefficient (Wildman–Crippen LogP) is 4.28. The number of urea groups is 1. The molecular weight excluding hydrogens is 393 g/mol. The Hall–Kier alpha value is -2.67. The van der Waals surface area contributed by atoms with Crippen LogP contribution in [-0.4, -0.2) is 62.3 Å². The van der Waals surface area contributed by atoms with Crippen LogP contribution in [0.5, 0.6) is 0 Å². The van der Waals surface area contributed by atoms with E-state index in [-0.39, 0.29) is 17.9 Å². The van der Waals surface area contributed by atoms with Crippen molar-refractivity contribution in [3.8, 4) is 0 Å². The van der Waals surface area contributed by atoms with Crippen molar-refractivity contribution >= 4 is 18.4 Å². The van der Waals surface area contributed by atoms with E-state index in [9.17, 15) is 9.18 Å². The van der Waals surface area contributed by atoms with Gasteiger partial charge >= 0.3 is 6.03 Å². The summed E-state index contributed by atoms with van der Waals surface area (Å²) < 4.78 is 14.8. The first-order valence-corrected chi connectivity index (χ1v) is 10.9. The topological polar surface area (TPSA) is 51.2 Å². The van der Waals surface area contributed by atoms with Gasteiger partial charge in [-0.15, -0.1) is 0 Å². The third kappa shape index (κ3) is 4.66.